The molecule has 0 spiro atoms. The van der Waals surface area contributed by atoms with Crippen molar-refractivity contribution in [3.05, 3.63) is 29.3 Å². The highest BCUT2D eigenvalue weighted by molar-refractivity contribution is 5.99. The van der Waals surface area contributed by atoms with Crippen LogP contribution >= 0.6 is 0 Å². The lowest BCUT2D eigenvalue weighted by atomic mass is 10.0. The summed E-state index contributed by atoms with van der Waals surface area (Å²) in [6.45, 7) is 1.91. The van der Waals surface area contributed by atoms with Crippen molar-refractivity contribution in [3.8, 4) is 11.5 Å². The fraction of sp³-hybridized carbons (Fsp3) is 0.471. The Morgan fingerprint density at radius 3 is 3.09 bits per heavy atom. The maximum atomic E-state index is 12.7. The summed E-state index contributed by atoms with van der Waals surface area (Å²) in [4.78, 5) is 14.6. The zero-order chi connectivity index (χ0) is 15.5. The smallest absolute Gasteiger partial charge is 0.253 e. The number of nitrogens with zero attached hydrogens (tertiary/aromatic N) is 1. The van der Waals surface area contributed by atoms with Crippen LogP contribution in [-0.2, 0) is 4.79 Å². The maximum Gasteiger partial charge on any atom is 0.253 e. The molecule has 0 aromatic heterocycles. The van der Waals surface area contributed by atoms with Crippen molar-refractivity contribution in [1.29, 1.82) is 0 Å². The Balaban J connectivity index is 1.77. The Bertz CT molecular complexity index is 598. The second-order valence-electron chi connectivity index (χ2n) is 5.74. The molecule has 5 heteroatoms. The van der Waals surface area contributed by atoms with Crippen molar-refractivity contribution >= 4 is 12.0 Å². The predicted molar refractivity (Wildman–Crippen MR) is 85.1 cm³/mol. The Morgan fingerprint density at radius 1 is 1.45 bits per heavy atom. The molecule has 2 aliphatic rings. The summed E-state index contributed by atoms with van der Waals surface area (Å²) in [5.41, 5.74) is 1.65. The van der Waals surface area contributed by atoms with Gasteiger partial charge < -0.3 is 19.7 Å². The molecule has 1 saturated heterocycles. The highest BCUT2D eigenvalue weighted by Crippen LogP contribution is 2.31. The molecule has 1 atom stereocenters. The minimum atomic E-state index is 0.0846. The van der Waals surface area contributed by atoms with E-state index < -0.39 is 0 Å². The van der Waals surface area contributed by atoms with E-state index in [4.69, 9.17) is 9.47 Å². The highest BCUT2D eigenvalue weighted by atomic mass is 16.5. The standard InChI is InChI=1S/C17H22N2O3/c1-18-14-4-3-7-19(10-14)17(20)13-8-12-5-6-15(21-2)9-16(12)22-11-13/h5-6,8-9,14,18H,3-4,7,10-11H2,1-2H3/t14-/m0/s1. The number of hydrogen-bond acceptors (Lipinski definition) is 4. The Labute approximate surface area is 130 Å². The van der Waals surface area contributed by atoms with Gasteiger partial charge in [0.15, 0.2) is 0 Å². The summed E-state index contributed by atoms with van der Waals surface area (Å²) in [6.07, 6.45) is 4.10. The van der Waals surface area contributed by atoms with E-state index >= 15 is 0 Å². The van der Waals surface area contributed by atoms with Gasteiger partial charge in [0.25, 0.3) is 5.91 Å². The third kappa shape index (κ3) is 2.95. The van der Waals surface area contributed by atoms with Gasteiger partial charge in [-0.1, -0.05) is 0 Å². The van der Waals surface area contributed by atoms with Crippen LogP contribution < -0.4 is 14.8 Å². The van der Waals surface area contributed by atoms with Crippen LogP contribution in [0, 0.1) is 0 Å². The highest BCUT2D eigenvalue weighted by Gasteiger charge is 2.26. The number of amides is 1. The number of likely N-dealkylation sites (N-methyl/N-ethyl adjacent to an activating group) is 1. The van der Waals surface area contributed by atoms with Gasteiger partial charge in [0.05, 0.1) is 12.7 Å². The Morgan fingerprint density at radius 2 is 2.32 bits per heavy atom. The van der Waals surface area contributed by atoms with E-state index in [1.54, 1.807) is 7.11 Å². The van der Waals surface area contributed by atoms with E-state index in [0.29, 0.717) is 12.6 Å². The summed E-state index contributed by atoms with van der Waals surface area (Å²) >= 11 is 0. The zero-order valence-corrected chi connectivity index (χ0v) is 13.1. The molecule has 0 aliphatic carbocycles. The molecule has 0 radical (unpaired) electrons. The summed E-state index contributed by atoms with van der Waals surface area (Å²) in [5.74, 6) is 1.61. The van der Waals surface area contributed by atoms with Crippen LogP contribution in [0.1, 0.15) is 18.4 Å². The van der Waals surface area contributed by atoms with E-state index in [2.05, 4.69) is 5.32 Å². The summed E-state index contributed by atoms with van der Waals surface area (Å²) < 4.78 is 10.9. The normalized spacial score (nSPS) is 20.7. The number of methoxy groups -OCH3 is 1. The van der Waals surface area contributed by atoms with Crippen LogP contribution in [0.25, 0.3) is 6.08 Å². The van der Waals surface area contributed by atoms with Crippen molar-refractivity contribution in [2.45, 2.75) is 18.9 Å². The molecule has 1 aromatic rings. The molecular formula is C17H22N2O3. The van der Waals surface area contributed by atoms with Gasteiger partial charge in [-0.2, -0.15) is 0 Å². The van der Waals surface area contributed by atoms with Gasteiger partial charge in [-0.05, 0) is 38.1 Å². The number of nitrogens with one attached hydrogen (secondary N) is 1. The van der Waals surface area contributed by atoms with Crippen LogP contribution in [0.5, 0.6) is 11.5 Å². The summed E-state index contributed by atoms with van der Waals surface area (Å²) in [7, 11) is 3.58. The molecule has 2 aliphatic heterocycles. The fourth-order valence-electron chi connectivity index (χ4n) is 2.99. The molecule has 0 unspecified atom stereocenters. The lowest BCUT2D eigenvalue weighted by molar-refractivity contribution is -0.128. The van der Waals surface area contributed by atoms with Crippen molar-refractivity contribution < 1.29 is 14.3 Å². The van der Waals surface area contributed by atoms with Crippen LogP contribution in [-0.4, -0.2) is 50.7 Å². The lowest BCUT2D eigenvalue weighted by Crippen LogP contribution is -2.47. The van der Waals surface area contributed by atoms with Crippen LogP contribution in [0.4, 0.5) is 0 Å². The van der Waals surface area contributed by atoms with Crippen LogP contribution in [0.15, 0.2) is 23.8 Å². The Hall–Kier alpha value is -2.01. The topological polar surface area (TPSA) is 50.8 Å². The second-order valence-corrected chi connectivity index (χ2v) is 5.74. The predicted octanol–water partition coefficient (Wildman–Crippen LogP) is 1.68. The number of likely N-dealkylation sites (tertiary alicyclic amines) is 1. The van der Waals surface area contributed by atoms with Crippen LogP contribution in [0.2, 0.25) is 0 Å². The van der Waals surface area contributed by atoms with Crippen molar-refractivity contribution in [1.82, 2.24) is 10.2 Å². The first kappa shape index (κ1) is 14.9. The molecular weight excluding hydrogens is 280 g/mol. The summed E-state index contributed by atoms with van der Waals surface area (Å²) in [5, 5.41) is 3.26. The SMILES string of the molecule is CN[C@H]1CCCN(C(=O)C2=Cc3ccc(OC)cc3OC2)C1. The average molecular weight is 302 g/mol. The number of carbonyl (C=O) groups excluding carboxylic acids is 1. The van der Waals surface area contributed by atoms with Gasteiger partial charge >= 0.3 is 0 Å². The molecule has 22 heavy (non-hydrogen) atoms. The number of rotatable bonds is 3. The minimum absolute atomic E-state index is 0.0846. The maximum absolute atomic E-state index is 12.7. The van der Waals surface area contributed by atoms with Gasteiger partial charge in [-0.25, -0.2) is 0 Å². The number of piperidine rings is 1. The third-order valence-corrected chi connectivity index (χ3v) is 4.33. The van der Waals surface area contributed by atoms with Gasteiger partial charge in [0, 0.05) is 30.8 Å². The molecule has 1 fully saturated rings. The molecule has 0 bridgehead atoms. The fourth-order valence-corrected chi connectivity index (χ4v) is 2.99. The average Bonchev–Trinajstić information content (AvgIpc) is 2.60. The molecule has 118 valence electrons. The summed E-state index contributed by atoms with van der Waals surface area (Å²) in [6, 6.07) is 6.04. The zero-order valence-electron chi connectivity index (χ0n) is 13.1. The van der Waals surface area contributed by atoms with Gasteiger partial charge in [0.2, 0.25) is 0 Å². The number of carbonyl (C=O) groups is 1. The van der Waals surface area contributed by atoms with Gasteiger partial charge in [-0.15, -0.1) is 0 Å². The third-order valence-electron chi connectivity index (χ3n) is 4.33. The number of ether oxygens (including phenoxy) is 2. The molecule has 1 amide bonds. The van der Waals surface area contributed by atoms with Gasteiger partial charge in [-0.3, -0.25) is 4.79 Å². The first-order valence-corrected chi connectivity index (χ1v) is 7.69. The monoisotopic (exact) mass is 302 g/mol. The molecule has 1 aromatic carbocycles. The Kier molecular flexibility index (Phi) is 4.34. The minimum Gasteiger partial charge on any atom is -0.497 e. The van der Waals surface area contributed by atoms with E-state index in [1.165, 1.54) is 0 Å². The number of fused-ring (bicyclic) bond motifs is 1. The van der Waals surface area contributed by atoms with E-state index in [1.807, 2.05) is 36.2 Å². The van der Waals surface area contributed by atoms with Crippen LogP contribution in [0.3, 0.4) is 0 Å². The second kappa shape index (κ2) is 6.40. The lowest BCUT2D eigenvalue weighted by Gasteiger charge is -2.33. The van der Waals surface area contributed by atoms with E-state index in [9.17, 15) is 4.79 Å². The number of hydrogen-bond donors (Lipinski definition) is 1. The molecule has 5 nitrogen and oxygen atoms in total. The quantitative estimate of drug-likeness (QED) is 0.923. The van der Waals surface area contributed by atoms with Crippen molar-refractivity contribution in [2.75, 3.05) is 33.9 Å². The molecule has 0 saturated carbocycles. The molecule has 2 heterocycles. The largest absolute Gasteiger partial charge is 0.497 e. The first-order valence-electron chi connectivity index (χ1n) is 7.69. The first-order chi connectivity index (χ1) is 10.7. The van der Waals surface area contributed by atoms with Crippen molar-refractivity contribution in [2.24, 2.45) is 0 Å². The van der Waals surface area contributed by atoms with E-state index in [0.717, 1.165) is 48.6 Å². The van der Waals surface area contributed by atoms with Crippen molar-refractivity contribution in [3.63, 3.8) is 0 Å². The molecule has 3 rings (SSSR count). The van der Waals surface area contributed by atoms with E-state index in [-0.39, 0.29) is 5.91 Å². The molecule has 1 N–H and O–H groups in total. The van der Waals surface area contributed by atoms with Gasteiger partial charge in [0.1, 0.15) is 18.1 Å². The number of benzene rings is 1.